The van der Waals surface area contributed by atoms with E-state index in [0.717, 1.165) is 11.8 Å². The zero-order valence-corrected chi connectivity index (χ0v) is 19.1. The Balaban J connectivity index is 2.31. The molecule has 0 aromatic carbocycles. The molecule has 0 heterocycles. The summed E-state index contributed by atoms with van der Waals surface area (Å²) in [7, 11) is 0. The molecule has 1 aliphatic carbocycles. The van der Waals surface area contributed by atoms with Crippen LogP contribution >= 0.6 is 0 Å². The van der Waals surface area contributed by atoms with Crippen molar-refractivity contribution in [1.29, 1.82) is 0 Å². The lowest BCUT2D eigenvalue weighted by Gasteiger charge is -2.37. The van der Waals surface area contributed by atoms with E-state index >= 15 is 0 Å². The van der Waals surface area contributed by atoms with Gasteiger partial charge in [0.05, 0.1) is 18.8 Å². The van der Waals surface area contributed by atoms with Crippen LogP contribution in [0.3, 0.4) is 0 Å². The molecule has 1 aliphatic rings. The Morgan fingerprint density at radius 1 is 0.962 bits per heavy atom. The molecule has 0 nitrogen and oxygen atoms in total. The maximum absolute atomic E-state index is 2.64. The van der Waals surface area contributed by atoms with E-state index in [0.29, 0.717) is 5.41 Å². The van der Waals surface area contributed by atoms with Crippen LogP contribution in [0.2, 0.25) is 0 Å². The highest BCUT2D eigenvalue weighted by Crippen LogP contribution is 2.45. The molecule has 1 fully saturated rings. The van der Waals surface area contributed by atoms with Gasteiger partial charge in [0, 0.05) is 5.92 Å². The molecule has 0 spiro atoms. The molecule has 0 amide bonds. The molecule has 152 valence electrons. The van der Waals surface area contributed by atoms with E-state index in [-0.39, 0.29) is 0 Å². The Hall–Kier alpha value is -0.390. The summed E-state index contributed by atoms with van der Waals surface area (Å²) >= 11 is 0. The normalized spacial score (nSPS) is 15.9. The van der Waals surface area contributed by atoms with Crippen molar-refractivity contribution in [3.05, 3.63) is 17.6 Å². The van der Waals surface area contributed by atoms with Crippen molar-refractivity contribution in [1.82, 2.24) is 0 Å². The first-order valence-electron chi connectivity index (χ1n) is 12.1. The Labute approximate surface area is 166 Å². The highest BCUT2D eigenvalue weighted by Gasteiger charge is 2.31. The van der Waals surface area contributed by atoms with Crippen LogP contribution in [-0.4, -0.2) is 0 Å². The van der Waals surface area contributed by atoms with Crippen LogP contribution in [0.25, 0.3) is 0 Å². The average Bonchev–Trinajstić information content (AvgIpc) is 2.59. The second kappa shape index (κ2) is 12.9. The van der Waals surface area contributed by atoms with Gasteiger partial charge in [0.15, 0.2) is 0 Å². The zero-order valence-electron chi connectivity index (χ0n) is 19.1. The minimum absolute atomic E-state index is 0.514. The first kappa shape index (κ1) is 23.6. The molecule has 0 heteroatoms. The number of unbranched alkanes of at least 4 members (excludes halogenated alkanes) is 3. The minimum atomic E-state index is 0.514. The Bertz CT molecular complexity index is 373. The number of hydrogen-bond donors (Lipinski definition) is 0. The summed E-state index contributed by atoms with van der Waals surface area (Å²) in [6.45, 7) is 14.4. The first-order valence-corrected chi connectivity index (χ1v) is 12.1. The predicted octanol–water partition coefficient (Wildman–Crippen LogP) is 9.30. The Morgan fingerprint density at radius 2 is 1.58 bits per heavy atom. The lowest BCUT2D eigenvalue weighted by molar-refractivity contribution is 0.280. The van der Waals surface area contributed by atoms with E-state index in [1.165, 1.54) is 89.9 Å². The molecule has 0 radical (unpaired) electrons. The molecule has 0 saturated heterocycles. The summed E-state index contributed by atoms with van der Waals surface area (Å²) in [5.41, 5.74) is 4.09. The maximum atomic E-state index is 2.64. The van der Waals surface area contributed by atoms with E-state index in [4.69, 9.17) is 0 Å². The largest absolute Gasteiger partial charge is 0.0977 e. The van der Waals surface area contributed by atoms with Gasteiger partial charge < -0.3 is 0 Å². The van der Waals surface area contributed by atoms with Crippen molar-refractivity contribution < 1.29 is 0 Å². The number of rotatable bonds is 15. The lowest BCUT2D eigenvalue weighted by atomic mass is 9.68. The molecule has 1 atom stereocenters. The summed E-state index contributed by atoms with van der Waals surface area (Å²) in [5, 5.41) is 0. The average molecular weight is 362 g/mol. The van der Waals surface area contributed by atoms with Gasteiger partial charge in [-0.1, -0.05) is 58.1 Å². The molecule has 0 aliphatic heterocycles. The van der Waals surface area contributed by atoms with Crippen LogP contribution in [0, 0.1) is 23.7 Å². The molecule has 1 saturated carbocycles. The monoisotopic (exact) mass is 361 g/mol. The van der Waals surface area contributed by atoms with Crippen LogP contribution in [0.4, 0.5) is 0 Å². The number of allylic oxidation sites excluding steroid dienone is 2. The molecule has 0 N–H and O–H groups in total. The van der Waals surface area contributed by atoms with Crippen molar-refractivity contribution in [2.75, 3.05) is 0 Å². The van der Waals surface area contributed by atoms with E-state index in [1.807, 2.05) is 0 Å². The highest BCUT2D eigenvalue weighted by molar-refractivity contribution is 5.24. The fourth-order valence-corrected chi connectivity index (χ4v) is 5.19. The molecule has 0 aromatic rings. The van der Waals surface area contributed by atoms with Gasteiger partial charge in [-0.15, -0.1) is 0 Å². The van der Waals surface area contributed by atoms with Crippen LogP contribution in [-0.2, 0) is 0 Å². The van der Waals surface area contributed by atoms with Gasteiger partial charge in [0.1, 0.15) is 0 Å². The topological polar surface area (TPSA) is 0 Å². The fraction of sp³-hybridized carbons (Fsp3) is 0.885. The predicted molar refractivity (Wildman–Crippen MR) is 119 cm³/mol. The third-order valence-corrected chi connectivity index (χ3v) is 7.60. The molecule has 26 heavy (non-hydrogen) atoms. The van der Waals surface area contributed by atoms with Crippen molar-refractivity contribution >= 4 is 0 Å². The van der Waals surface area contributed by atoms with E-state index < -0.39 is 0 Å². The highest BCUT2D eigenvalue weighted by atomic mass is 14.4. The van der Waals surface area contributed by atoms with Crippen LogP contribution < -0.4 is 0 Å². The van der Waals surface area contributed by atoms with Crippen LogP contribution in [0.15, 0.2) is 11.1 Å². The molecule has 0 bridgehead atoms. The quantitative estimate of drug-likeness (QED) is 0.155. The standard InChI is InChI=1S/C26H49/c1-7-16-24(17-8-2)22(5)18-13-11-12-14-21-26(9-3,10-4)23(6)25-19-15-20-25/h18,22,24H,7-17,19-21H2,1-6H3/q+1. The lowest BCUT2D eigenvalue weighted by Crippen LogP contribution is -2.23. The smallest absolute Gasteiger partial charge is 0.0707 e. The SMILES string of the molecule is CCCC(CCC)C(C)[CH+]CCCCCC(CC)(CC)C(C)=C1CCC1. The van der Waals surface area contributed by atoms with Gasteiger partial charge >= 0.3 is 0 Å². The van der Waals surface area contributed by atoms with Crippen LogP contribution in [0.5, 0.6) is 0 Å². The summed E-state index contributed by atoms with van der Waals surface area (Å²) < 4.78 is 0. The van der Waals surface area contributed by atoms with Gasteiger partial charge in [-0.05, 0) is 83.5 Å². The second-order valence-corrected chi connectivity index (χ2v) is 9.10. The summed E-state index contributed by atoms with van der Waals surface area (Å²) in [4.78, 5) is 0. The van der Waals surface area contributed by atoms with Crippen molar-refractivity contribution in [3.8, 4) is 0 Å². The summed E-state index contributed by atoms with van der Waals surface area (Å²) in [6.07, 6.45) is 22.0. The molecule has 0 aromatic heterocycles. The maximum Gasteiger partial charge on any atom is 0.0977 e. The molecular formula is C26H49+. The van der Waals surface area contributed by atoms with E-state index in [9.17, 15) is 0 Å². The third-order valence-electron chi connectivity index (χ3n) is 7.60. The Morgan fingerprint density at radius 3 is 2.04 bits per heavy atom. The summed E-state index contributed by atoms with van der Waals surface area (Å²) in [6, 6.07) is 0. The van der Waals surface area contributed by atoms with Crippen molar-refractivity contribution in [2.45, 2.75) is 131 Å². The van der Waals surface area contributed by atoms with Gasteiger partial charge in [-0.3, -0.25) is 0 Å². The van der Waals surface area contributed by atoms with Gasteiger partial charge in [0.2, 0.25) is 0 Å². The van der Waals surface area contributed by atoms with E-state index in [2.05, 4.69) is 48.0 Å². The molecule has 1 rings (SSSR count). The molecule has 1 unspecified atom stereocenters. The first-order chi connectivity index (χ1) is 12.5. The second-order valence-electron chi connectivity index (χ2n) is 9.10. The fourth-order valence-electron chi connectivity index (χ4n) is 5.19. The van der Waals surface area contributed by atoms with Gasteiger partial charge in [-0.2, -0.15) is 0 Å². The van der Waals surface area contributed by atoms with Gasteiger partial charge in [-0.25, -0.2) is 0 Å². The van der Waals surface area contributed by atoms with Crippen LogP contribution in [0.1, 0.15) is 131 Å². The number of hydrogen-bond acceptors (Lipinski definition) is 0. The minimum Gasteiger partial charge on any atom is -0.0707 e. The molecular weight excluding hydrogens is 312 g/mol. The Kier molecular flexibility index (Phi) is 11.7. The van der Waals surface area contributed by atoms with Gasteiger partial charge in [0.25, 0.3) is 0 Å². The van der Waals surface area contributed by atoms with Crippen molar-refractivity contribution in [2.24, 2.45) is 17.3 Å². The zero-order chi connectivity index (χ0) is 19.4. The summed E-state index contributed by atoms with van der Waals surface area (Å²) in [5.74, 6) is 1.74. The van der Waals surface area contributed by atoms with Crippen molar-refractivity contribution in [3.63, 3.8) is 0 Å². The van der Waals surface area contributed by atoms with E-state index in [1.54, 1.807) is 11.1 Å². The third kappa shape index (κ3) is 6.97.